The Morgan fingerprint density at radius 3 is 2.52 bits per heavy atom. The van der Waals surface area contributed by atoms with Crippen LogP contribution in [0, 0.1) is 13.8 Å². The topological polar surface area (TPSA) is 86.7 Å². The van der Waals surface area contributed by atoms with Crippen LogP contribution in [-0.4, -0.2) is 37.4 Å². The molecule has 0 bridgehead atoms. The molecule has 0 aromatic heterocycles. The molecule has 118 valence electrons. The molecule has 21 heavy (non-hydrogen) atoms. The number of carbonyl (C=O) groups is 1. The average Bonchev–Trinajstić information content (AvgIpc) is 2.34. The third kappa shape index (κ3) is 5.11. The van der Waals surface area contributed by atoms with Crippen LogP contribution in [0.2, 0.25) is 0 Å². The molecule has 6 nitrogen and oxygen atoms in total. The molecule has 1 unspecified atom stereocenters. The lowest BCUT2D eigenvalue weighted by molar-refractivity contribution is -0.137. The molecule has 0 aliphatic carbocycles. The molecule has 0 fully saturated rings. The van der Waals surface area contributed by atoms with Crippen molar-refractivity contribution in [1.82, 2.24) is 9.03 Å². The van der Waals surface area contributed by atoms with Gasteiger partial charge in [0.1, 0.15) is 0 Å². The molecule has 0 aliphatic rings. The van der Waals surface area contributed by atoms with Gasteiger partial charge in [0.05, 0.1) is 6.42 Å². The first-order valence-corrected chi connectivity index (χ1v) is 8.10. The number of benzene rings is 1. The van der Waals surface area contributed by atoms with Gasteiger partial charge in [-0.3, -0.25) is 4.79 Å². The number of aliphatic carboxylic acids is 1. The summed E-state index contributed by atoms with van der Waals surface area (Å²) >= 11 is 0. The van der Waals surface area contributed by atoms with E-state index in [9.17, 15) is 13.2 Å². The fourth-order valence-corrected chi connectivity index (χ4v) is 3.15. The Morgan fingerprint density at radius 1 is 1.38 bits per heavy atom. The van der Waals surface area contributed by atoms with Gasteiger partial charge in [-0.1, -0.05) is 23.8 Å². The molecule has 1 rings (SSSR count). The van der Waals surface area contributed by atoms with E-state index in [-0.39, 0.29) is 19.0 Å². The van der Waals surface area contributed by atoms with Gasteiger partial charge >= 0.3 is 5.97 Å². The first kappa shape index (κ1) is 17.6. The van der Waals surface area contributed by atoms with E-state index >= 15 is 0 Å². The van der Waals surface area contributed by atoms with Gasteiger partial charge in [0.25, 0.3) is 10.2 Å². The summed E-state index contributed by atoms with van der Waals surface area (Å²) in [5.41, 5.74) is 3.03. The van der Waals surface area contributed by atoms with Gasteiger partial charge in [0, 0.05) is 19.6 Å². The summed E-state index contributed by atoms with van der Waals surface area (Å²) in [6, 6.07) is 5.44. The lowest BCUT2D eigenvalue weighted by atomic mass is 10.0. The van der Waals surface area contributed by atoms with Gasteiger partial charge in [-0.2, -0.15) is 17.4 Å². The second-order valence-corrected chi connectivity index (χ2v) is 6.98. The van der Waals surface area contributed by atoms with Crippen molar-refractivity contribution in [2.24, 2.45) is 0 Å². The Hall–Kier alpha value is -1.44. The number of hydrogen-bond donors (Lipinski definition) is 2. The van der Waals surface area contributed by atoms with Crippen LogP contribution in [0.1, 0.15) is 36.1 Å². The van der Waals surface area contributed by atoms with E-state index in [2.05, 4.69) is 4.72 Å². The highest BCUT2D eigenvalue weighted by atomic mass is 32.2. The van der Waals surface area contributed by atoms with E-state index in [1.165, 1.54) is 7.05 Å². The molecular formula is C14H22N2O4S. The van der Waals surface area contributed by atoms with Crippen molar-refractivity contribution in [2.45, 2.75) is 33.2 Å². The molecule has 1 aromatic carbocycles. The average molecular weight is 314 g/mol. The molecule has 1 aromatic rings. The lowest BCUT2D eigenvalue weighted by Gasteiger charge is -2.22. The summed E-state index contributed by atoms with van der Waals surface area (Å²) in [5.74, 6) is -1.03. The fourth-order valence-electron chi connectivity index (χ4n) is 2.06. The molecule has 0 radical (unpaired) electrons. The van der Waals surface area contributed by atoms with Crippen molar-refractivity contribution in [3.8, 4) is 0 Å². The van der Waals surface area contributed by atoms with Crippen molar-refractivity contribution >= 4 is 16.2 Å². The molecule has 7 heteroatoms. The number of nitrogens with zero attached hydrogens (tertiary/aromatic N) is 1. The highest BCUT2D eigenvalue weighted by Gasteiger charge is 2.22. The van der Waals surface area contributed by atoms with E-state index in [1.54, 1.807) is 6.92 Å². The highest BCUT2D eigenvalue weighted by Crippen LogP contribution is 2.19. The van der Waals surface area contributed by atoms with Crippen LogP contribution in [0.25, 0.3) is 0 Å². The Kier molecular flexibility index (Phi) is 5.88. The summed E-state index contributed by atoms with van der Waals surface area (Å²) in [7, 11) is -2.35. The van der Waals surface area contributed by atoms with Crippen LogP contribution < -0.4 is 4.72 Å². The second-order valence-electron chi connectivity index (χ2n) is 5.17. The first-order valence-electron chi connectivity index (χ1n) is 6.66. The molecule has 0 aliphatic heterocycles. The maximum Gasteiger partial charge on any atom is 0.304 e. The van der Waals surface area contributed by atoms with Gasteiger partial charge in [0.15, 0.2) is 0 Å². The monoisotopic (exact) mass is 314 g/mol. The van der Waals surface area contributed by atoms with Gasteiger partial charge in [-0.15, -0.1) is 0 Å². The third-order valence-corrected chi connectivity index (χ3v) is 4.92. The van der Waals surface area contributed by atoms with Crippen molar-refractivity contribution in [3.05, 3.63) is 34.9 Å². The first-order chi connectivity index (χ1) is 9.63. The Labute approximate surface area is 126 Å². The zero-order valence-electron chi connectivity index (χ0n) is 12.8. The summed E-state index contributed by atoms with van der Waals surface area (Å²) in [4.78, 5) is 10.5. The summed E-state index contributed by atoms with van der Waals surface area (Å²) in [5, 5.41) is 8.61. The number of hydrogen-bond acceptors (Lipinski definition) is 3. The number of carboxylic acids is 1. The molecule has 1 atom stereocenters. The number of rotatable bonds is 7. The van der Waals surface area contributed by atoms with Crippen LogP contribution in [0.15, 0.2) is 18.2 Å². The van der Waals surface area contributed by atoms with E-state index < -0.39 is 16.2 Å². The van der Waals surface area contributed by atoms with Crippen LogP contribution in [0.4, 0.5) is 0 Å². The minimum Gasteiger partial charge on any atom is -0.481 e. The minimum absolute atomic E-state index is 0.0652. The highest BCUT2D eigenvalue weighted by molar-refractivity contribution is 7.87. The Morgan fingerprint density at radius 2 is 2.00 bits per heavy atom. The minimum atomic E-state index is -3.71. The van der Waals surface area contributed by atoms with Gasteiger partial charge in [0.2, 0.25) is 0 Å². The number of carboxylic acid groups (broad SMARTS) is 1. The summed E-state index contributed by atoms with van der Waals surface area (Å²) in [6.07, 6.45) is -0.227. The molecule has 0 saturated heterocycles. The predicted octanol–water partition coefficient (Wildman–Crippen LogP) is 1.61. The largest absolute Gasteiger partial charge is 0.481 e. The zero-order valence-corrected chi connectivity index (χ0v) is 13.6. The standard InChI is InChI=1S/C14H22N2O4S/c1-10-5-6-13(11(2)9-10)12(3)15-21(19,20)16(4)8-7-14(17)18/h5-6,9,12,15H,7-8H2,1-4H3,(H,17,18). The van der Waals surface area contributed by atoms with Crippen LogP contribution in [0.5, 0.6) is 0 Å². The zero-order chi connectivity index (χ0) is 16.2. The van der Waals surface area contributed by atoms with Crippen molar-refractivity contribution < 1.29 is 18.3 Å². The maximum atomic E-state index is 12.1. The predicted molar refractivity (Wildman–Crippen MR) is 81.3 cm³/mol. The van der Waals surface area contributed by atoms with Gasteiger partial charge < -0.3 is 5.11 Å². The summed E-state index contributed by atoms with van der Waals surface area (Å²) in [6.45, 7) is 5.61. The smallest absolute Gasteiger partial charge is 0.304 e. The van der Waals surface area contributed by atoms with Crippen molar-refractivity contribution in [2.75, 3.05) is 13.6 Å². The van der Waals surface area contributed by atoms with Crippen molar-refractivity contribution in [3.63, 3.8) is 0 Å². The SMILES string of the molecule is Cc1ccc(C(C)NS(=O)(=O)N(C)CCC(=O)O)c(C)c1. The Balaban J connectivity index is 2.80. The lowest BCUT2D eigenvalue weighted by Crippen LogP contribution is -2.40. The van der Waals surface area contributed by atoms with Crippen LogP contribution in [-0.2, 0) is 15.0 Å². The number of nitrogens with one attached hydrogen (secondary N) is 1. The molecular weight excluding hydrogens is 292 g/mol. The van der Waals surface area contributed by atoms with Gasteiger partial charge in [-0.25, -0.2) is 0 Å². The van der Waals surface area contributed by atoms with Crippen molar-refractivity contribution in [1.29, 1.82) is 0 Å². The maximum absolute atomic E-state index is 12.1. The number of aryl methyl sites for hydroxylation is 2. The molecule has 0 saturated carbocycles. The molecule has 0 spiro atoms. The van der Waals surface area contributed by atoms with E-state index in [4.69, 9.17) is 5.11 Å². The van der Waals surface area contributed by atoms with E-state index in [0.29, 0.717) is 0 Å². The quantitative estimate of drug-likeness (QED) is 0.800. The van der Waals surface area contributed by atoms with Crippen LogP contribution >= 0.6 is 0 Å². The normalized spacial score (nSPS) is 13.4. The molecule has 0 heterocycles. The molecule has 2 N–H and O–H groups in total. The Bertz CT molecular complexity index is 613. The summed E-state index contributed by atoms with van der Waals surface area (Å²) < 4.78 is 27.8. The molecule has 0 amide bonds. The fraction of sp³-hybridized carbons (Fsp3) is 0.500. The second kappa shape index (κ2) is 7.02. The van der Waals surface area contributed by atoms with Crippen LogP contribution in [0.3, 0.4) is 0 Å². The van der Waals surface area contributed by atoms with E-state index in [1.807, 2.05) is 32.0 Å². The van der Waals surface area contributed by atoms with E-state index in [0.717, 1.165) is 21.0 Å². The van der Waals surface area contributed by atoms with Gasteiger partial charge in [-0.05, 0) is 31.9 Å². The third-order valence-electron chi connectivity index (χ3n) is 3.27.